The lowest BCUT2D eigenvalue weighted by atomic mass is 10.2. The highest BCUT2D eigenvalue weighted by Gasteiger charge is 2.24. The molecule has 1 aromatic carbocycles. The fourth-order valence-electron chi connectivity index (χ4n) is 2.36. The molecule has 2 rings (SSSR count). The quantitative estimate of drug-likeness (QED) is 0.892. The molecule has 1 fully saturated rings. The molecule has 5 heteroatoms. The number of amides is 1. The summed E-state index contributed by atoms with van der Waals surface area (Å²) >= 11 is 0. The lowest BCUT2D eigenvalue weighted by Crippen LogP contribution is -2.39. The van der Waals surface area contributed by atoms with E-state index in [1.54, 1.807) is 17.0 Å². The minimum Gasteiger partial charge on any atom is -0.392 e. The highest BCUT2D eigenvalue weighted by atomic mass is 19.1. The van der Waals surface area contributed by atoms with Crippen LogP contribution in [0.5, 0.6) is 0 Å². The predicted molar refractivity (Wildman–Crippen MR) is 71.5 cm³/mol. The van der Waals surface area contributed by atoms with Gasteiger partial charge in [0, 0.05) is 25.3 Å². The molecule has 1 aliphatic heterocycles. The summed E-state index contributed by atoms with van der Waals surface area (Å²) in [4.78, 5) is 15.8. The van der Waals surface area contributed by atoms with Crippen molar-refractivity contribution in [2.75, 3.05) is 31.1 Å². The van der Waals surface area contributed by atoms with Crippen LogP contribution in [0.25, 0.3) is 0 Å². The highest BCUT2D eigenvalue weighted by Crippen LogP contribution is 2.16. The largest absolute Gasteiger partial charge is 0.392 e. The van der Waals surface area contributed by atoms with Gasteiger partial charge in [0.1, 0.15) is 5.82 Å². The van der Waals surface area contributed by atoms with E-state index in [0.29, 0.717) is 25.3 Å². The highest BCUT2D eigenvalue weighted by molar-refractivity contribution is 5.94. The Morgan fingerprint density at radius 3 is 2.68 bits per heavy atom. The van der Waals surface area contributed by atoms with Crippen LogP contribution in [0, 0.1) is 5.82 Å². The van der Waals surface area contributed by atoms with Crippen LogP contribution in [0.4, 0.5) is 10.1 Å². The Morgan fingerprint density at radius 2 is 2.16 bits per heavy atom. The zero-order valence-corrected chi connectivity index (χ0v) is 11.1. The smallest absolute Gasteiger partial charge is 0.241 e. The van der Waals surface area contributed by atoms with E-state index >= 15 is 0 Å². The molecule has 104 valence electrons. The molecule has 0 spiro atoms. The fraction of sp³-hybridized carbons (Fsp3) is 0.500. The molecule has 1 amide bonds. The van der Waals surface area contributed by atoms with Crippen LogP contribution >= 0.6 is 0 Å². The molecule has 4 nitrogen and oxygen atoms in total. The SMILES string of the molecule is CCN(C(=O)CN1CCC(O)C1)c1ccc(F)cc1. The zero-order chi connectivity index (χ0) is 13.8. The molecule has 1 aliphatic rings. The van der Waals surface area contributed by atoms with Gasteiger partial charge in [0.05, 0.1) is 12.6 Å². The Hall–Kier alpha value is -1.46. The van der Waals surface area contributed by atoms with Gasteiger partial charge in [0.2, 0.25) is 5.91 Å². The van der Waals surface area contributed by atoms with E-state index in [4.69, 9.17) is 0 Å². The maximum Gasteiger partial charge on any atom is 0.241 e. The summed E-state index contributed by atoms with van der Waals surface area (Å²) in [6.07, 6.45) is 0.393. The molecule has 1 heterocycles. The number of nitrogens with zero attached hydrogens (tertiary/aromatic N) is 2. The number of halogens is 1. The van der Waals surface area contributed by atoms with Crippen LogP contribution in [-0.4, -0.2) is 48.2 Å². The Morgan fingerprint density at radius 1 is 1.47 bits per heavy atom. The van der Waals surface area contributed by atoms with Gasteiger partial charge in [-0.2, -0.15) is 0 Å². The van der Waals surface area contributed by atoms with E-state index in [-0.39, 0.29) is 17.8 Å². The number of rotatable bonds is 4. The van der Waals surface area contributed by atoms with Crippen LogP contribution in [0.3, 0.4) is 0 Å². The molecule has 19 heavy (non-hydrogen) atoms. The monoisotopic (exact) mass is 266 g/mol. The van der Waals surface area contributed by atoms with Gasteiger partial charge in [-0.15, -0.1) is 0 Å². The summed E-state index contributed by atoms with van der Waals surface area (Å²) in [5.41, 5.74) is 0.702. The molecule has 0 radical (unpaired) electrons. The second-order valence-corrected chi connectivity index (χ2v) is 4.79. The first-order valence-electron chi connectivity index (χ1n) is 6.56. The summed E-state index contributed by atoms with van der Waals surface area (Å²) in [6.45, 7) is 4.02. The van der Waals surface area contributed by atoms with Gasteiger partial charge >= 0.3 is 0 Å². The van der Waals surface area contributed by atoms with Gasteiger partial charge in [-0.05, 0) is 37.6 Å². The van der Waals surface area contributed by atoms with Gasteiger partial charge in [-0.1, -0.05) is 0 Å². The summed E-state index contributed by atoms with van der Waals surface area (Å²) in [5.74, 6) is -0.335. The number of likely N-dealkylation sites (tertiary alicyclic amines) is 1. The standard InChI is InChI=1S/C14H19FN2O2/c1-2-17(12-5-3-11(15)4-6-12)14(19)10-16-8-7-13(18)9-16/h3-6,13,18H,2,7-10H2,1H3. The third-order valence-corrected chi connectivity index (χ3v) is 3.36. The lowest BCUT2D eigenvalue weighted by Gasteiger charge is -2.24. The Bertz CT molecular complexity index is 436. The molecular formula is C14H19FN2O2. The van der Waals surface area contributed by atoms with Crippen molar-refractivity contribution in [1.82, 2.24) is 4.90 Å². The third-order valence-electron chi connectivity index (χ3n) is 3.36. The fourth-order valence-corrected chi connectivity index (χ4v) is 2.36. The van der Waals surface area contributed by atoms with Crippen LogP contribution < -0.4 is 4.90 Å². The van der Waals surface area contributed by atoms with E-state index in [9.17, 15) is 14.3 Å². The number of aliphatic hydroxyl groups excluding tert-OH is 1. The number of aliphatic hydroxyl groups is 1. The van der Waals surface area contributed by atoms with E-state index in [0.717, 1.165) is 13.0 Å². The van der Waals surface area contributed by atoms with Crippen molar-refractivity contribution in [3.63, 3.8) is 0 Å². The first-order valence-corrected chi connectivity index (χ1v) is 6.56. The molecular weight excluding hydrogens is 247 g/mol. The summed E-state index contributed by atoms with van der Waals surface area (Å²) < 4.78 is 12.9. The van der Waals surface area contributed by atoms with Gasteiger partial charge < -0.3 is 10.0 Å². The number of β-amino-alcohol motifs (C(OH)–C–C–N with tert-alkyl or cyclic N) is 1. The summed E-state index contributed by atoms with van der Waals surface area (Å²) in [6, 6.07) is 5.92. The van der Waals surface area contributed by atoms with Crippen molar-refractivity contribution in [3.8, 4) is 0 Å². The lowest BCUT2D eigenvalue weighted by molar-refractivity contribution is -0.119. The van der Waals surface area contributed by atoms with Crippen molar-refractivity contribution in [2.24, 2.45) is 0 Å². The van der Waals surface area contributed by atoms with Crippen molar-refractivity contribution in [2.45, 2.75) is 19.4 Å². The molecule has 0 bridgehead atoms. The minimum atomic E-state index is -0.325. The van der Waals surface area contributed by atoms with Gasteiger partial charge in [0.15, 0.2) is 0 Å². The number of likely N-dealkylation sites (N-methyl/N-ethyl adjacent to an activating group) is 1. The van der Waals surface area contributed by atoms with Gasteiger partial charge in [-0.3, -0.25) is 9.69 Å². The normalized spacial score (nSPS) is 19.6. The average Bonchev–Trinajstić information content (AvgIpc) is 2.78. The first kappa shape index (κ1) is 14.0. The van der Waals surface area contributed by atoms with E-state index in [2.05, 4.69) is 0 Å². The van der Waals surface area contributed by atoms with E-state index in [1.165, 1.54) is 12.1 Å². The Labute approximate surface area is 112 Å². The van der Waals surface area contributed by atoms with E-state index in [1.807, 2.05) is 11.8 Å². The molecule has 1 N–H and O–H groups in total. The maximum atomic E-state index is 12.9. The molecule has 0 aromatic heterocycles. The predicted octanol–water partition coefficient (Wildman–Crippen LogP) is 1.25. The summed E-state index contributed by atoms with van der Waals surface area (Å²) in [5, 5.41) is 9.45. The van der Waals surface area contributed by atoms with E-state index < -0.39 is 0 Å². The zero-order valence-electron chi connectivity index (χ0n) is 11.1. The topological polar surface area (TPSA) is 43.8 Å². The third kappa shape index (κ3) is 3.52. The van der Waals surface area contributed by atoms with Crippen LogP contribution in [0.2, 0.25) is 0 Å². The molecule has 0 aliphatic carbocycles. The average molecular weight is 266 g/mol. The van der Waals surface area contributed by atoms with Crippen LogP contribution in [0.1, 0.15) is 13.3 Å². The maximum absolute atomic E-state index is 12.9. The van der Waals surface area contributed by atoms with Crippen molar-refractivity contribution in [1.29, 1.82) is 0 Å². The molecule has 1 saturated heterocycles. The molecule has 1 atom stereocenters. The van der Waals surface area contributed by atoms with Crippen LogP contribution in [-0.2, 0) is 4.79 Å². The minimum absolute atomic E-state index is 0.0248. The summed E-state index contributed by atoms with van der Waals surface area (Å²) in [7, 11) is 0. The number of hydrogen-bond acceptors (Lipinski definition) is 3. The second-order valence-electron chi connectivity index (χ2n) is 4.79. The van der Waals surface area contributed by atoms with Gasteiger partial charge in [-0.25, -0.2) is 4.39 Å². The number of anilines is 1. The number of carbonyl (C=O) groups is 1. The first-order chi connectivity index (χ1) is 9.10. The van der Waals surface area contributed by atoms with Crippen molar-refractivity contribution < 1.29 is 14.3 Å². The van der Waals surface area contributed by atoms with Crippen molar-refractivity contribution >= 4 is 11.6 Å². The molecule has 1 aromatic rings. The second kappa shape index (κ2) is 6.12. The van der Waals surface area contributed by atoms with Crippen LogP contribution in [0.15, 0.2) is 24.3 Å². The Balaban J connectivity index is 2.00. The number of hydrogen-bond donors (Lipinski definition) is 1. The molecule has 0 saturated carbocycles. The van der Waals surface area contributed by atoms with Crippen molar-refractivity contribution in [3.05, 3.63) is 30.1 Å². The Kier molecular flexibility index (Phi) is 4.50. The number of benzene rings is 1. The molecule has 1 unspecified atom stereocenters. The number of carbonyl (C=O) groups excluding carboxylic acids is 1. The van der Waals surface area contributed by atoms with Gasteiger partial charge in [0.25, 0.3) is 0 Å².